The van der Waals surface area contributed by atoms with E-state index in [4.69, 9.17) is 17.0 Å². The molecule has 1 aromatic carbocycles. The summed E-state index contributed by atoms with van der Waals surface area (Å²) < 4.78 is 5.66. The van der Waals surface area contributed by atoms with Crippen molar-refractivity contribution < 1.29 is 9.53 Å². The fraction of sp³-hybridized carbons (Fsp3) is 0.143. The number of anilines is 1. The van der Waals surface area contributed by atoms with Crippen molar-refractivity contribution >= 4 is 46.2 Å². The fourth-order valence-electron chi connectivity index (χ4n) is 2.10. The average molecular weight is 319 g/mol. The largest absolute Gasteiger partial charge is 0.380 e. The number of carbonyl (C=O) groups is 1. The fourth-order valence-corrected chi connectivity index (χ4v) is 3.13. The second-order valence-corrected chi connectivity index (χ2v) is 5.83. The predicted octanol–water partition coefficient (Wildman–Crippen LogP) is 3.69. The molecule has 5 nitrogen and oxygen atoms in total. The van der Waals surface area contributed by atoms with E-state index in [1.54, 1.807) is 7.11 Å². The molecule has 3 aromatic rings. The Kier molecular flexibility index (Phi) is 3.87. The van der Waals surface area contributed by atoms with Crippen molar-refractivity contribution in [2.75, 3.05) is 12.4 Å². The van der Waals surface area contributed by atoms with E-state index in [1.165, 1.54) is 11.3 Å². The minimum Gasteiger partial charge on any atom is -0.380 e. The third-order valence-electron chi connectivity index (χ3n) is 3.03. The molecule has 0 bridgehead atoms. The number of thiophene rings is 1. The second-order valence-electron chi connectivity index (χ2n) is 4.50. The highest BCUT2D eigenvalue weighted by atomic mass is 32.1. The number of hydrogen-bond donors (Lipinski definition) is 3. The molecule has 7 heteroatoms. The highest BCUT2D eigenvalue weighted by Gasteiger charge is 2.13. The van der Waals surface area contributed by atoms with Gasteiger partial charge in [0.15, 0.2) is 4.77 Å². The Morgan fingerprint density at radius 1 is 1.33 bits per heavy atom. The summed E-state index contributed by atoms with van der Waals surface area (Å²) in [6.45, 7) is 0.427. The van der Waals surface area contributed by atoms with Gasteiger partial charge in [-0.05, 0) is 41.9 Å². The number of aromatic amines is 2. The van der Waals surface area contributed by atoms with Gasteiger partial charge < -0.3 is 20.0 Å². The van der Waals surface area contributed by atoms with Gasteiger partial charge in [-0.25, -0.2) is 0 Å². The molecule has 0 aliphatic rings. The molecule has 3 rings (SSSR count). The molecule has 0 fully saturated rings. The smallest absolute Gasteiger partial charge is 0.266 e. The summed E-state index contributed by atoms with van der Waals surface area (Å²) in [5, 5.41) is 4.78. The van der Waals surface area contributed by atoms with Crippen molar-refractivity contribution in [3.63, 3.8) is 0 Å². The number of ether oxygens (including phenoxy) is 1. The Morgan fingerprint density at radius 2 is 2.14 bits per heavy atom. The topological polar surface area (TPSA) is 69.9 Å². The maximum absolute atomic E-state index is 12.3. The van der Waals surface area contributed by atoms with E-state index in [0.29, 0.717) is 16.3 Å². The van der Waals surface area contributed by atoms with Gasteiger partial charge in [0.05, 0.1) is 22.5 Å². The van der Waals surface area contributed by atoms with Crippen LogP contribution < -0.4 is 5.32 Å². The van der Waals surface area contributed by atoms with E-state index < -0.39 is 0 Å². The number of carbonyl (C=O) groups excluding carboxylic acids is 1. The van der Waals surface area contributed by atoms with Crippen molar-refractivity contribution in [1.82, 2.24) is 9.97 Å². The van der Waals surface area contributed by atoms with Gasteiger partial charge in [0.25, 0.3) is 5.91 Å². The SMILES string of the molecule is COCc1ccsc1C(=O)Nc1ccc2[nH]c(=S)[nH]c2c1. The van der Waals surface area contributed by atoms with Gasteiger partial charge in [0.2, 0.25) is 0 Å². The third kappa shape index (κ3) is 2.90. The van der Waals surface area contributed by atoms with E-state index in [9.17, 15) is 4.79 Å². The normalized spacial score (nSPS) is 10.9. The Hall–Kier alpha value is -1.96. The number of methoxy groups -OCH3 is 1. The summed E-state index contributed by atoms with van der Waals surface area (Å²) in [6.07, 6.45) is 0. The molecule has 0 atom stereocenters. The molecular formula is C14H13N3O2S2. The summed E-state index contributed by atoms with van der Waals surface area (Å²) in [5.74, 6) is -0.134. The first-order valence-corrected chi connectivity index (χ1v) is 7.55. The van der Waals surface area contributed by atoms with Crippen LogP contribution in [-0.4, -0.2) is 23.0 Å². The van der Waals surface area contributed by atoms with Crippen molar-refractivity contribution in [3.05, 3.63) is 44.9 Å². The number of aromatic nitrogens is 2. The van der Waals surface area contributed by atoms with Crippen LogP contribution in [0.2, 0.25) is 0 Å². The predicted molar refractivity (Wildman–Crippen MR) is 86.5 cm³/mol. The van der Waals surface area contributed by atoms with Gasteiger partial charge in [-0.1, -0.05) is 0 Å². The van der Waals surface area contributed by atoms with Gasteiger partial charge in [-0.2, -0.15) is 0 Å². The summed E-state index contributed by atoms with van der Waals surface area (Å²) in [4.78, 5) is 19.0. The Labute approximate surface area is 130 Å². The van der Waals surface area contributed by atoms with E-state index in [1.807, 2.05) is 29.6 Å². The summed E-state index contributed by atoms with van der Waals surface area (Å²) in [5.41, 5.74) is 3.38. The van der Waals surface area contributed by atoms with Gasteiger partial charge >= 0.3 is 0 Å². The number of nitrogens with one attached hydrogen (secondary N) is 3. The average Bonchev–Trinajstić information content (AvgIpc) is 3.04. The molecule has 0 saturated heterocycles. The van der Waals surface area contributed by atoms with Crippen LogP contribution in [0.5, 0.6) is 0 Å². The molecule has 0 saturated carbocycles. The van der Waals surface area contributed by atoms with Crippen molar-refractivity contribution in [2.45, 2.75) is 6.61 Å². The number of imidazole rings is 1. The highest BCUT2D eigenvalue weighted by Crippen LogP contribution is 2.21. The number of fused-ring (bicyclic) bond motifs is 1. The maximum Gasteiger partial charge on any atom is 0.266 e. The highest BCUT2D eigenvalue weighted by molar-refractivity contribution is 7.71. The van der Waals surface area contributed by atoms with Crippen LogP contribution in [0.15, 0.2) is 29.6 Å². The van der Waals surface area contributed by atoms with Crippen molar-refractivity contribution in [3.8, 4) is 0 Å². The molecule has 0 aliphatic heterocycles. The Balaban J connectivity index is 1.85. The summed E-state index contributed by atoms with van der Waals surface area (Å²) >= 11 is 6.45. The van der Waals surface area contributed by atoms with Crippen LogP contribution in [0, 0.1) is 4.77 Å². The quantitative estimate of drug-likeness (QED) is 0.642. The maximum atomic E-state index is 12.3. The van der Waals surface area contributed by atoms with Crippen LogP contribution >= 0.6 is 23.6 Å². The molecule has 21 heavy (non-hydrogen) atoms. The van der Waals surface area contributed by atoms with Crippen LogP contribution in [0.1, 0.15) is 15.2 Å². The second kappa shape index (κ2) is 5.80. The zero-order valence-electron chi connectivity index (χ0n) is 11.2. The lowest BCUT2D eigenvalue weighted by Gasteiger charge is -2.06. The lowest BCUT2D eigenvalue weighted by molar-refractivity contribution is 0.102. The van der Waals surface area contributed by atoms with E-state index >= 15 is 0 Å². The summed E-state index contributed by atoms with van der Waals surface area (Å²) in [7, 11) is 1.61. The third-order valence-corrected chi connectivity index (χ3v) is 4.19. The minimum absolute atomic E-state index is 0.134. The molecule has 0 spiro atoms. The molecular weight excluding hydrogens is 306 g/mol. The monoisotopic (exact) mass is 319 g/mol. The van der Waals surface area contributed by atoms with Crippen LogP contribution in [0.25, 0.3) is 11.0 Å². The van der Waals surface area contributed by atoms with Crippen LogP contribution in [0.3, 0.4) is 0 Å². The van der Waals surface area contributed by atoms with Crippen LogP contribution in [0.4, 0.5) is 5.69 Å². The number of amides is 1. The zero-order valence-corrected chi connectivity index (χ0v) is 12.9. The van der Waals surface area contributed by atoms with Crippen LogP contribution in [-0.2, 0) is 11.3 Å². The molecule has 0 aliphatic carbocycles. The molecule has 3 N–H and O–H groups in total. The summed E-state index contributed by atoms with van der Waals surface area (Å²) in [6, 6.07) is 7.46. The first kappa shape index (κ1) is 14.0. The van der Waals surface area contributed by atoms with E-state index in [2.05, 4.69) is 15.3 Å². The first-order chi connectivity index (χ1) is 10.2. The van der Waals surface area contributed by atoms with E-state index in [-0.39, 0.29) is 5.91 Å². The molecule has 0 unspecified atom stereocenters. The van der Waals surface area contributed by atoms with Gasteiger partial charge in [-0.3, -0.25) is 4.79 Å². The number of rotatable bonds is 4. The van der Waals surface area contributed by atoms with Crippen molar-refractivity contribution in [2.24, 2.45) is 0 Å². The van der Waals surface area contributed by atoms with E-state index in [0.717, 1.165) is 22.3 Å². The molecule has 1 amide bonds. The number of benzene rings is 1. The van der Waals surface area contributed by atoms with Gasteiger partial charge in [-0.15, -0.1) is 11.3 Å². The molecule has 2 aromatic heterocycles. The zero-order chi connectivity index (χ0) is 14.8. The Bertz CT molecular complexity index is 847. The Morgan fingerprint density at radius 3 is 2.95 bits per heavy atom. The van der Waals surface area contributed by atoms with Crippen molar-refractivity contribution in [1.29, 1.82) is 0 Å². The number of H-pyrrole nitrogens is 2. The lowest BCUT2D eigenvalue weighted by atomic mass is 10.2. The molecule has 108 valence electrons. The first-order valence-electron chi connectivity index (χ1n) is 6.26. The minimum atomic E-state index is -0.134. The molecule has 0 radical (unpaired) electrons. The molecule has 2 heterocycles. The lowest BCUT2D eigenvalue weighted by Crippen LogP contribution is -2.12. The van der Waals surface area contributed by atoms with Gasteiger partial charge in [0, 0.05) is 18.4 Å². The van der Waals surface area contributed by atoms with Gasteiger partial charge in [0.1, 0.15) is 0 Å². The number of hydrogen-bond acceptors (Lipinski definition) is 4. The standard InChI is InChI=1S/C14H13N3O2S2/c1-19-7-8-4-5-21-12(8)13(18)15-9-2-3-10-11(6-9)17-14(20)16-10/h2-6H,7H2,1H3,(H,15,18)(H2,16,17,20).